The van der Waals surface area contributed by atoms with E-state index in [1.54, 1.807) is 37.1 Å². The molecule has 1 heterocycles. The molecule has 0 aliphatic carbocycles. The molecule has 0 bridgehead atoms. The molecule has 142 valence electrons. The number of amides is 1. The molecule has 26 heavy (non-hydrogen) atoms. The number of carbonyl (C=O) groups is 2. The first kappa shape index (κ1) is 20.1. The fourth-order valence-electron chi connectivity index (χ4n) is 2.12. The number of nitrogens with zero attached hydrogens (tertiary/aromatic N) is 2. The zero-order valence-electron chi connectivity index (χ0n) is 15.8. The molecule has 0 aliphatic heterocycles. The third-order valence-electron chi connectivity index (χ3n) is 3.53. The van der Waals surface area contributed by atoms with Gasteiger partial charge in [0.05, 0.1) is 23.6 Å². The lowest BCUT2D eigenvalue weighted by Gasteiger charge is -2.18. The van der Waals surface area contributed by atoms with E-state index >= 15 is 0 Å². The molecule has 1 amide bonds. The van der Waals surface area contributed by atoms with Crippen molar-refractivity contribution in [3.8, 4) is 0 Å². The van der Waals surface area contributed by atoms with E-state index in [9.17, 15) is 9.59 Å². The molecule has 0 spiro atoms. The van der Waals surface area contributed by atoms with Crippen LogP contribution in [0.5, 0.6) is 0 Å². The second kappa shape index (κ2) is 8.44. The van der Waals surface area contributed by atoms with E-state index in [1.165, 1.54) is 7.11 Å². The summed E-state index contributed by atoms with van der Waals surface area (Å²) in [5.41, 5.74) is 0.859. The number of fused-ring (bicyclic) bond motifs is 1. The summed E-state index contributed by atoms with van der Waals surface area (Å²) in [6, 6.07) is 5.86. The van der Waals surface area contributed by atoms with Gasteiger partial charge in [-0.15, -0.1) is 11.8 Å². The van der Waals surface area contributed by atoms with Crippen LogP contribution in [0.1, 0.15) is 34.1 Å². The Morgan fingerprint density at radius 1 is 1.31 bits per heavy atom. The molecule has 2 rings (SSSR count). The summed E-state index contributed by atoms with van der Waals surface area (Å²) in [5.74, 6) is 0.942. The van der Waals surface area contributed by atoms with Crippen molar-refractivity contribution in [3.63, 3.8) is 0 Å². The van der Waals surface area contributed by atoms with Gasteiger partial charge in [0.15, 0.2) is 6.73 Å². The smallest absolute Gasteiger partial charge is 0.413 e. The predicted octanol–water partition coefficient (Wildman–Crippen LogP) is 4.26. The maximum Gasteiger partial charge on any atom is 0.413 e. The number of hydrogen-bond donors (Lipinski definition) is 1. The maximum atomic E-state index is 12.1. The minimum atomic E-state index is -0.635. The van der Waals surface area contributed by atoms with E-state index in [1.807, 2.05) is 18.2 Å². The zero-order valence-corrected chi connectivity index (χ0v) is 16.6. The Bertz CT molecular complexity index is 796. The van der Waals surface area contributed by atoms with Crippen molar-refractivity contribution < 1.29 is 19.1 Å². The number of hydrogen-bond acceptors (Lipinski definition) is 6. The summed E-state index contributed by atoms with van der Waals surface area (Å²) >= 11 is 1.74. The SMILES string of the molecule is CCCSc1ccc2nc(NC(=O)OC)n(COC(=O)C(C)(C)C)c2c1. The van der Waals surface area contributed by atoms with Gasteiger partial charge >= 0.3 is 12.1 Å². The molecule has 1 aromatic carbocycles. The van der Waals surface area contributed by atoms with E-state index in [0.717, 1.165) is 22.6 Å². The lowest BCUT2D eigenvalue weighted by atomic mass is 9.98. The number of anilines is 1. The summed E-state index contributed by atoms with van der Waals surface area (Å²) in [6.45, 7) is 7.44. The molecule has 2 aromatic rings. The van der Waals surface area contributed by atoms with Crippen LogP contribution in [0.15, 0.2) is 23.1 Å². The molecule has 1 aromatic heterocycles. The van der Waals surface area contributed by atoms with Crippen LogP contribution in [0.25, 0.3) is 11.0 Å². The van der Waals surface area contributed by atoms with Crippen molar-refractivity contribution in [2.45, 2.75) is 45.7 Å². The van der Waals surface area contributed by atoms with Crippen molar-refractivity contribution in [3.05, 3.63) is 18.2 Å². The molecule has 0 aliphatic rings. The molecule has 0 unspecified atom stereocenters. The van der Waals surface area contributed by atoms with Gasteiger partial charge in [-0.1, -0.05) is 6.92 Å². The van der Waals surface area contributed by atoms with E-state index < -0.39 is 11.5 Å². The highest BCUT2D eigenvalue weighted by molar-refractivity contribution is 7.99. The standard InChI is InChI=1S/C18H25N3O4S/c1-6-9-26-12-7-8-13-14(10-12)21(11-25-15(22)18(2,3)4)16(19-13)20-17(23)24-5/h7-8,10H,6,9,11H2,1-5H3,(H,19,20,23). The van der Waals surface area contributed by atoms with Crippen molar-refractivity contribution in [1.29, 1.82) is 0 Å². The summed E-state index contributed by atoms with van der Waals surface area (Å²) in [6.07, 6.45) is 0.435. The van der Waals surface area contributed by atoms with Gasteiger partial charge in [0.2, 0.25) is 5.95 Å². The minimum absolute atomic E-state index is 0.0478. The molecular formula is C18H25N3O4S. The van der Waals surface area contributed by atoms with Crippen LogP contribution in [0.4, 0.5) is 10.7 Å². The van der Waals surface area contributed by atoms with Crippen molar-refractivity contribution in [1.82, 2.24) is 9.55 Å². The van der Waals surface area contributed by atoms with Crippen LogP contribution in [-0.2, 0) is 21.0 Å². The van der Waals surface area contributed by atoms with Crippen molar-refractivity contribution in [2.75, 3.05) is 18.2 Å². The third-order valence-corrected chi connectivity index (χ3v) is 4.73. The van der Waals surface area contributed by atoms with E-state index in [4.69, 9.17) is 4.74 Å². The summed E-state index contributed by atoms with van der Waals surface area (Å²) in [4.78, 5) is 29.2. The number of ether oxygens (including phenoxy) is 2. The monoisotopic (exact) mass is 379 g/mol. The lowest BCUT2D eigenvalue weighted by Crippen LogP contribution is -2.25. The van der Waals surface area contributed by atoms with Crippen LogP contribution < -0.4 is 5.32 Å². The predicted molar refractivity (Wildman–Crippen MR) is 102 cm³/mol. The van der Waals surface area contributed by atoms with Crippen LogP contribution in [0.3, 0.4) is 0 Å². The first-order valence-electron chi connectivity index (χ1n) is 8.41. The molecular weight excluding hydrogens is 354 g/mol. The van der Waals surface area contributed by atoms with Gasteiger partial charge in [-0.05, 0) is 51.1 Å². The highest BCUT2D eigenvalue weighted by Crippen LogP contribution is 2.27. The highest BCUT2D eigenvalue weighted by atomic mass is 32.2. The first-order valence-corrected chi connectivity index (χ1v) is 9.40. The van der Waals surface area contributed by atoms with E-state index in [0.29, 0.717) is 5.52 Å². The number of thioether (sulfide) groups is 1. The fourth-order valence-corrected chi connectivity index (χ4v) is 2.92. The average molecular weight is 379 g/mol. The van der Waals surface area contributed by atoms with Gasteiger partial charge in [-0.25, -0.2) is 9.78 Å². The van der Waals surface area contributed by atoms with Gasteiger partial charge in [-0.2, -0.15) is 0 Å². The number of aromatic nitrogens is 2. The third kappa shape index (κ3) is 4.91. The van der Waals surface area contributed by atoms with Gasteiger partial charge in [0.1, 0.15) is 0 Å². The zero-order chi connectivity index (χ0) is 19.3. The Balaban J connectivity index is 2.37. The van der Waals surface area contributed by atoms with E-state index in [2.05, 4.69) is 22.0 Å². The Labute approximate surface area is 157 Å². The molecule has 7 nitrogen and oxygen atoms in total. The van der Waals surface area contributed by atoms with E-state index in [-0.39, 0.29) is 18.6 Å². The van der Waals surface area contributed by atoms with Gasteiger partial charge < -0.3 is 9.47 Å². The number of rotatable bonds is 6. The number of carbonyl (C=O) groups excluding carboxylic acids is 2. The largest absolute Gasteiger partial charge is 0.453 e. The Morgan fingerprint density at radius 2 is 2.04 bits per heavy atom. The molecule has 1 N–H and O–H groups in total. The molecule has 0 saturated carbocycles. The average Bonchev–Trinajstić information content (AvgIpc) is 2.93. The summed E-state index contributed by atoms with van der Waals surface area (Å²) in [5, 5.41) is 2.57. The fraction of sp³-hybridized carbons (Fsp3) is 0.500. The number of nitrogens with one attached hydrogen (secondary N) is 1. The van der Waals surface area contributed by atoms with Crippen LogP contribution >= 0.6 is 11.8 Å². The Morgan fingerprint density at radius 3 is 2.65 bits per heavy atom. The normalized spacial score (nSPS) is 11.4. The van der Waals surface area contributed by atoms with Gasteiger partial charge in [-0.3, -0.25) is 14.7 Å². The lowest BCUT2D eigenvalue weighted by molar-refractivity contribution is -0.156. The number of benzene rings is 1. The van der Waals surface area contributed by atoms with Gasteiger partial charge in [0, 0.05) is 4.90 Å². The Hall–Kier alpha value is -2.22. The van der Waals surface area contributed by atoms with Crippen LogP contribution in [-0.4, -0.2) is 34.5 Å². The summed E-state index contributed by atoms with van der Waals surface area (Å²) < 4.78 is 11.7. The van der Waals surface area contributed by atoms with Crippen LogP contribution in [0, 0.1) is 5.41 Å². The summed E-state index contributed by atoms with van der Waals surface area (Å²) in [7, 11) is 1.28. The molecule has 0 atom stereocenters. The Kier molecular flexibility index (Phi) is 6.52. The molecule has 0 saturated heterocycles. The topological polar surface area (TPSA) is 82.4 Å². The maximum absolute atomic E-state index is 12.1. The first-order chi connectivity index (χ1) is 12.3. The molecule has 0 radical (unpaired) electrons. The second-order valence-electron chi connectivity index (χ2n) is 6.79. The number of methoxy groups -OCH3 is 1. The molecule has 0 fully saturated rings. The second-order valence-corrected chi connectivity index (χ2v) is 7.96. The number of esters is 1. The van der Waals surface area contributed by atoms with Crippen LogP contribution in [0.2, 0.25) is 0 Å². The quantitative estimate of drug-likeness (QED) is 0.596. The molecule has 8 heteroatoms. The highest BCUT2D eigenvalue weighted by Gasteiger charge is 2.24. The number of imidazole rings is 1. The van der Waals surface area contributed by atoms with Gasteiger partial charge in [0.25, 0.3) is 0 Å². The van der Waals surface area contributed by atoms with Crippen molar-refractivity contribution >= 4 is 40.8 Å². The van der Waals surface area contributed by atoms with Crippen molar-refractivity contribution in [2.24, 2.45) is 5.41 Å². The minimum Gasteiger partial charge on any atom is -0.453 e.